The number of hydrogen-bond acceptors (Lipinski definition) is 4. The Morgan fingerprint density at radius 2 is 2.27 bits per heavy atom. The number of nitrogens with two attached hydrogens (primary N) is 1. The van der Waals surface area contributed by atoms with E-state index in [-0.39, 0.29) is 5.91 Å². The Morgan fingerprint density at radius 1 is 1.53 bits per heavy atom. The van der Waals surface area contributed by atoms with Crippen LogP contribution in [-0.2, 0) is 9.53 Å². The number of thiophene rings is 1. The molecule has 0 bridgehead atoms. The maximum Gasteiger partial charge on any atom is 0.244 e. The molecule has 4 nitrogen and oxygen atoms in total. The lowest BCUT2D eigenvalue weighted by molar-refractivity contribution is -0.124. The first kappa shape index (κ1) is 10.6. The van der Waals surface area contributed by atoms with Gasteiger partial charge in [0.2, 0.25) is 5.91 Å². The first-order valence-electron chi connectivity index (χ1n) is 4.91. The summed E-state index contributed by atoms with van der Waals surface area (Å²) in [6.07, 6.45) is 1.17. The molecule has 82 valence electrons. The summed E-state index contributed by atoms with van der Waals surface area (Å²) in [7, 11) is 0. The molecule has 1 aromatic rings. The minimum atomic E-state index is -0.764. The van der Waals surface area contributed by atoms with Gasteiger partial charge in [-0.15, -0.1) is 0 Å². The molecule has 0 radical (unpaired) electrons. The number of carbonyl (C=O) groups excluding carboxylic acids is 1. The summed E-state index contributed by atoms with van der Waals surface area (Å²) in [6, 6.07) is 1.87. The van der Waals surface area contributed by atoms with Crippen molar-refractivity contribution in [3.8, 4) is 0 Å². The van der Waals surface area contributed by atoms with E-state index in [0.717, 1.165) is 5.69 Å². The molecule has 3 N–H and O–H groups in total. The smallest absolute Gasteiger partial charge is 0.244 e. The Bertz CT molecular complexity index is 331. The summed E-state index contributed by atoms with van der Waals surface area (Å²) in [4.78, 5) is 11.9. The van der Waals surface area contributed by atoms with Gasteiger partial charge in [-0.1, -0.05) is 0 Å². The van der Waals surface area contributed by atoms with Crippen LogP contribution in [0.15, 0.2) is 16.8 Å². The SMILES string of the molecule is NC1(C(=O)Nc2ccsc2)CCOCC1. The molecule has 0 unspecified atom stereocenters. The van der Waals surface area contributed by atoms with E-state index in [4.69, 9.17) is 10.5 Å². The van der Waals surface area contributed by atoms with E-state index in [1.165, 1.54) is 0 Å². The minimum Gasteiger partial charge on any atom is -0.381 e. The van der Waals surface area contributed by atoms with Gasteiger partial charge < -0.3 is 15.8 Å². The van der Waals surface area contributed by atoms with E-state index in [1.54, 1.807) is 11.3 Å². The summed E-state index contributed by atoms with van der Waals surface area (Å²) < 4.78 is 5.19. The van der Waals surface area contributed by atoms with Crippen LogP contribution in [0.2, 0.25) is 0 Å². The Kier molecular flexibility index (Phi) is 3.04. The van der Waals surface area contributed by atoms with Crippen LogP contribution in [0.1, 0.15) is 12.8 Å². The van der Waals surface area contributed by atoms with Gasteiger partial charge in [0, 0.05) is 18.6 Å². The van der Waals surface area contributed by atoms with Gasteiger partial charge in [-0.3, -0.25) is 4.79 Å². The molecule has 15 heavy (non-hydrogen) atoms. The van der Waals surface area contributed by atoms with E-state index in [0.29, 0.717) is 26.1 Å². The monoisotopic (exact) mass is 226 g/mol. The van der Waals surface area contributed by atoms with Crippen molar-refractivity contribution in [1.82, 2.24) is 0 Å². The van der Waals surface area contributed by atoms with Gasteiger partial charge in [-0.05, 0) is 24.3 Å². The Morgan fingerprint density at radius 3 is 2.87 bits per heavy atom. The van der Waals surface area contributed by atoms with Crippen molar-refractivity contribution in [3.63, 3.8) is 0 Å². The highest BCUT2D eigenvalue weighted by atomic mass is 32.1. The Balaban J connectivity index is 2.00. The van der Waals surface area contributed by atoms with Crippen molar-refractivity contribution in [2.45, 2.75) is 18.4 Å². The zero-order chi connectivity index (χ0) is 10.7. The van der Waals surface area contributed by atoms with Gasteiger partial charge in [-0.2, -0.15) is 11.3 Å². The fourth-order valence-corrected chi connectivity index (χ4v) is 2.14. The summed E-state index contributed by atoms with van der Waals surface area (Å²) >= 11 is 1.55. The fraction of sp³-hybridized carbons (Fsp3) is 0.500. The standard InChI is InChI=1S/C10H14N2O2S/c11-10(2-4-14-5-3-10)9(13)12-8-1-6-15-7-8/h1,6-7H,2-5,11H2,(H,12,13). The zero-order valence-electron chi connectivity index (χ0n) is 8.36. The highest BCUT2D eigenvalue weighted by molar-refractivity contribution is 7.08. The van der Waals surface area contributed by atoms with Gasteiger partial charge in [0.1, 0.15) is 5.54 Å². The molecule has 1 aromatic heterocycles. The average Bonchev–Trinajstić information content (AvgIpc) is 2.71. The number of anilines is 1. The summed E-state index contributed by atoms with van der Waals surface area (Å²) in [6.45, 7) is 1.13. The Hall–Kier alpha value is -0.910. The molecule has 1 aliphatic rings. The lowest BCUT2D eigenvalue weighted by Gasteiger charge is -2.31. The number of amides is 1. The van der Waals surface area contributed by atoms with Crippen LogP contribution in [0.25, 0.3) is 0 Å². The second-order valence-electron chi connectivity index (χ2n) is 3.73. The maximum atomic E-state index is 11.9. The van der Waals surface area contributed by atoms with E-state index < -0.39 is 5.54 Å². The number of rotatable bonds is 2. The number of nitrogens with one attached hydrogen (secondary N) is 1. The Labute approximate surface area is 92.4 Å². The van der Waals surface area contributed by atoms with Crippen LogP contribution in [0.5, 0.6) is 0 Å². The zero-order valence-corrected chi connectivity index (χ0v) is 9.18. The third-order valence-electron chi connectivity index (χ3n) is 2.62. The highest BCUT2D eigenvalue weighted by Gasteiger charge is 2.35. The molecule has 5 heteroatoms. The van der Waals surface area contributed by atoms with Crippen LogP contribution in [0, 0.1) is 0 Å². The third-order valence-corrected chi connectivity index (χ3v) is 3.30. The molecule has 0 aromatic carbocycles. The van der Waals surface area contributed by atoms with Crippen molar-refractivity contribution in [1.29, 1.82) is 0 Å². The van der Waals surface area contributed by atoms with Crippen LogP contribution in [0.3, 0.4) is 0 Å². The van der Waals surface area contributed by atoms with Crippen LogP contribution >= 0.6 is 11.3 Å². The van der Waals surface area contributed by atoms with Crippen molar-refractivity contribution in [2.75, 3.05) is 18.5 Å². The lowest BCUT2D eigenvalue weighted by Crippen LogP contribution is -2.54. The minimum absolute atomic E-state index is 0.107. The molecule has 0 aliphatic carbocycles. The normalized spacial score (nSPS) is 19.8. The summed E-state index contributed by atoms with van der Waals surface area (Å²) in [5, 5.41) is 6.63. The van der Waals surface area contributed by atoms with Gasteiger partial charge in [0.05, 0.1) is 5.69 Å². The number of ether oxygens (including phenoxy) is 1. The molecule has 1 fully saturated rings. The average molecular weight is 226 g/mol. The van der Waals surface area contributed by atoms with Crippen LogP contribution < -0.4 is 11.1 Å². The van der Waals surface area contributed by atoms with E-state index in [1.807, 2.05) is 16.8 Å². The molecule has 2 heterocycles. The second-order valence-corrected chi connectivity index (χ2v) is 4.51. The number of hydrogen-bond donors (Lipinski definition) is 2. The van der Waals surface area contributed by atoms with Crippen molar-refractivity contribution in [2.24, 2.45) is 5.73 Å². The fourth-order valence-electron chi connectivity index (χ4n) is 1.55. The van der Waals surface area contributed by atoms with Crippen LogP contribution in [0.4, 0.5) is 5.69 Å². The molecule has 0 atom stereocenters. The number of carbonyl (C=O) groups is 1. The second kappa shape index (κ2) is 4.30. The molecule has 1 amide bonds. The highest BCUT2D eigenvalue weighted by Crippen LogP contribution is 2.21. The lowest BCUT2D eigenvalue weighted by atomic mass is 9.90. The van der Waals surface area contributed by atoms with E-state index in [9.17, 15) is 4.79 Å². The van der Waals surface area contributed by atoms with Crippen LogP contribution in [-0.4, -0.2) is 24.7 Å². The molecule has 0 saturated carbocycles. The van der Waals surface area contributed by atoms with Gasteiger partial charge in [0.25, 0.3) is 0 Å². The molecular formula is C10H14N2O2S. The van der Waals surface area contributed by atoms with Gasteiger partial charge in [0.15, 0.2) is 0 Å². The van der Waals surface area contributed by atoms with Crippen molar-refractivity contribution < 1.29 is 9.53 Å². The topological polar surface area (TPSA) is 64.4 Å². The first-order valence-corrected chi connectivity index (χ1v) is 5.85. The maximum absolute atomic E-state index is 11.9. The van der Waals surface area contributed by atoms with Crippen molar-refractivity contribution >= 4 is 22.9 Å². The molecule has 0 spiro atoms. The molecule has 2 rings (SSSR count). The summed E-state index contributed by atoms with van der Waals surface area (Å²) in [5.74, 6) is -0.107. The summed E-state index contributed by atoms with van der Waals surface area (Å²) in [5.41, 5.74) is 6.09. The molecular weight excluding hydrogens is 212 g/mol. The predicted octanol–water partition coefficient (Wildman–Crippen LogP) is 1.19. The van der Waals surface area contributed by atoms with Gasteiger partial charge in [-0.25, -0.2) is 0 Å². The first-order chi connectivity index (χ1) is 7.21. The van der Waals surface area contributed by atoms with Crippen molar-refractivity contribution in [3.05, 3.63) is 16.8 Å². The van der Waals surface area contributed by atoms with E-state index >= 15 is 0 Å². The van der Waals surface area contributed by atoms with Gasteiger partial charge >= 0.3 is 0 Å². The molecule has 1 aliphatic heterocycles. The predicted molar refractivity (Wildman–Crippen MR) is 59.9 cm³/mol. The van der Waals surface area contributed by atoms with E-state index in [2.05, 4.69) is 5.32 Å². The largest absolute Gasteiger partial charge is 0.381 e. The third kappa shape index (κ3) is 2.37. The molecule has 1 saturated heterocycles. The quantitative estimate of drug-likeness (QED) is 0.796.